The van der Waals surface area contributed by atoms with Gasteiger partial charge in [0, 0.05) is 12.6 Å². The highest BCUT2D eigenvalue weighted by molar-refractivity contribution is 5.82. The van der Waals surface area contributed by atoms with Crippen LogP contribution in [0.1, 0.15) is 24.5 Å². The number of hydrogen-bond donors (Lipinski definition) is 2. The number of benzene rings is 2. The molecule has 0 atom stereocenters. The number of nitrogens with zero attached hydrogens (tertiary/aromatic N) is 2. The molecule has 29 heavy (non-hydrogen) atoms. The Morgan fingerprint density at radius 1 is 1.00 bits per heavy atom. The lowest BCUT2D eigenvalue weighted by molar-refractivity contribution is -0.130. The van der Waals surface area contributed by atoms with Gasteiger partial charge in [0.15, 0.2) is 6.61 Å². The summed E-state index contributed by atoms with van der Waals surface area (Å²) in [4.78, 5) is 23.9. The molecular formula is C22H24N4O3. The van der Waals surface area contributed by atoms with Crippen LogP contribution < -0.4 is 15.6 Å². The number of hydrazine groups is 1. The lowest BCUT2D eigenvalue weighted by atomic mass is 10.1. The number of nitrogens with one attached hydrogen (secondary N) is 2. The highest BCUT2D eigenvalue weighted by atomic mass is 16.5. The number of amides is 2. The number of para-hydroxylation sites is 2. The minimum atomic E-state index is -0.416. The molecule has 0 saturated heterocycles. The van der Waals surface area contributed by atoms with E-state index >= 15 is 0 Å². The van der Waals surface area contributed by atoms with E-state index < -0.39 is 5.91 Å². The van der Waals surface area contributed by atoms with Crippen molar-refractivity contribution in [2.45, 2.75) is 26.2 Å². The average molecular weight is 392 g/mol. The average Bonchev–Trinajstić information content (AvgIpc) is 3.24. The Kier molecular flexibility index (Phi) is 7.00. The Labute approximate surface area is 169 Å². The van der Waals surface area contributed by atoms with Crippen molar-refractivity contribution >= 4 is 11.8 Å². The molecule has 3 aromatic rings. The highest BCUT2D eigenvalue weighted by Crippen LogP contribution is 2.17. The van der Waals surface area contributed by atoms with Gasteiger partial charge in [-0.1, -0.05) is 43.3 Å². The molecule has 3 rings (SSSR count). The molecule has 150 valence electrons. The van der Waals surface area contributed by atoms with Crippen molar-refractivity contribution in [3.8, 4) is 11.4 Å². The molecule has 0 radical (unpaired) electrons. The van der Waals surface area contributed by atoms with Gasteiger partial charge >= 0.3 is 0 Å². The minimum Gasteiger partial charge on any atom is -0.483 e. The summed E-state index contributed by atoms with van der Waals surface area (Å²) in [7, 11) is 0. The number of ether oxygens (including phenoxy) is 1. The van der Waals surface area contributed by atoms with E-state index in [1.54, 1.807) is 10.9 Å². The smallest absolute Gasteiger partial charge is 0.276 e. The van der Waals surface area contributed by atoms with Crippen molar-refractivity contribution in [2.24, 2.45) is 0 Å². The van der Waals surface area contributed by atoms with Gasteiger partial charge in [0.1, 0.15) is 5.75 Å². The van der Waals surface area contributed by atoms with E-state index in [4.69, 9.17) is 4.74 Å². The first-order chi connectivity index (χ1) is 14.2. The highest BCUT2D eigenvalue weighted by Gasteiger charge is 2.08. The molecule has 0 aliphatic rings. The molecule has 0 fully saturated rings. The predicted octanol–water partition coefficient (Wildman–Crippen LogP) is 2.59. The zero-order chi connectivity index (χ0) is 20.5. The molecular weight excluding hydrogens is 368 g/mol. The van der Waals surface area contributed by atoms with Crippen LogP contribution in [0.25, 0.3) is 5.69 Å². The third-order valence-corrected chi connectivity index (χ3v) is 4.35. The summed E-state index contributed by atoms with van der Waals surface area (Å²) in [6.45, 7) is 1.85. The quantitative estimate of drug-likeness (QED) is 0.577. The standard InChI is InChI=1S/C22H24N4O3/c1-2-18-8-6-7-11-20(18)29-16-22(28)25-24-21(27)13-12-17-14-23-26(15-17)19-9-4-3-5-10-19/h3-11,14-15H,2,12-13,16H2,1H3,(H,24,27)(H,25,28). The summed E-state index contributed by atoms with van der Waals surface area (Å²) >= 11 is 0. The number of hydrogen-bond acceptors (Lipinski definition) is 4. The largest absolute Gasteiger partial charge is 0.483 e. The Morgan fingerprint density at radius 3 is 2.52 bits per heavy atom. The van der Waals surface area contributed by atoms with Crippen molar-refractivity contribution in [2.75, 3.05) is 6.61 Å². The summed E-state index contributed by atoms with van der Waals surface area (Å²) in [5, 5.41) is 4.30. The van der Waals surface area contributed by atoms with Crippen molar-refractivity contribution in [3.05, 3.63) is 78.1 Å². The number of aromatic nitrogens is 2. The van der Waals surface area contributed by atoms with Gasteiger partial charge in [0.25, 0.3) is 5.91 Å². The normalized spacial score (nSPS) is 10.4. The Bertz CT molecular complexity index is 953. The van der Waals surface area contributed by atoms with Crippen LogP contribution in [0.3, 0.4) is 0 Å². The third-order valence-electron chi connectivity index (χ3n) is 4.35. The fourth-order valence-electron chi connectivity index (χ4n) is 2.79. The molecule has 7 nitrogen and oxygen atoms in total. The van der Waals surface area contributed by atoms with Crippen LogP contribution in [0.15, 0.2) is 67.0 Å². The molecule has 0 aliphatic carbocycles. The first-order valence-corrected chi connectivity index (χ1v) is 9.53. The number of rotatable bonds is 8. The molecule has 2 amide bonds. The molecule has 1 aromatic heterocycles. The van der Waals surface area contributed by atoms with Crippen LogP contribution in [0.2, 0.25) is 0 Å². The SMILES string of the molecule is CCc1ccccc1OCC(=O)NNC(=O)CCc1cnn(-c2ccccc2)c1. The van der Waals surface area contributed by atoms with E-state index in [9.17, 15) is 9.59 Å². The molecule has 0 saturated carbocycles. The van der Waals surface area contributed by atoms with Gasteiger partial charge < -0.3 is 4.74 Å². The van der Waals surface area contributed by atoms with Gasteiger partial charge in [0.05, 0.1) is 11.9 Å². The topological polar surface area (TPSA) is 85.2 Å². The third kappa shape index (κ3) is 5.93. The lowest BCUT2D eigenvalue weighted by Gasteiger charge is -2.11. The fourth-order valence-corrected chi connectivity index (χ4v) is 2.79. The second kappa shape index (κ2) is 10.1. The van der Waals surface area contributed by atoms with Crippen LogP contribution >= 0.6 is 0 Å². The van der Waals surface area contributed by atoms with E-state index in [2.05, 4.69) is 16.0 Å². The molecule has 2 aromatic carbocycles. The van der Waals surface area contributed by atoms with Crippen LogP contribution in [-0.4, -0.2) is 28.2 Å². The molecule has 0 unspecified atom stereocenters. The van der Waals surface area contributed by atoms with Crippen molar-refractivity contribution in [1.82, 2.24) is 20.6 Å². The van der Waals surface area contributed by atoms with E-state index in [1.807, 2.05) is 67.7 Å². The second-order valence-electron chi connectivity index (χ2n) is 6.48. The predicted molar refractivity (Wildman–Crippen MR) is 109 cm³/mol. The zero-order valence-corrected chi connectivity index (χ0v) is 16.3. The van der Waals surface area contributed by atoms with Crippen molar-refractivity contribution < 1.29 is 14.3 Å². The van der Waals surface area contributed by atoms with Gasteiger partial charge in [-0.05, 0) is 42.2 Å². The Morgan fingerprint density at radius 2 is 1.72 bits per heavy atom. The van der Waals surface area contributed by atoms with E-state index in [-0.39, 0.29) is 18.9 Å². The van der Waals surface area contributed by atoms with Gasteiger partial charge in [0.2, 0.25) is 5.91 Å². The van der Waals surface area contributed by atoms with Crippen LogP contribution in [-0.2, 0) is 22.4 Å². The molecule has 7 heteroatoms. The van der Waals surface area contributed by atoms with Crippen LogP contribution in [0.5, 0.6) is 5.75 Å². The van der Waals surface area contributed by atoms with Crippen LogP contribution in [0, 0.1) is 0 Å². The molecule has 1 heterocycles. The second-order valence-corrected chi connectivity index (χ2v) is 6.48. The monoisotopic (exact) mass is 392 g/mol. The first kappa shape index (κ1) is 20.1. The van der Waals surface area contributed by atoms with E-state index in [1.165, 1.54) is 0 Å². The van der Waals surface area contributed by atoms with Gasteiger partial charge in [-0.3, -0.25) is 20.4 Å². The molecule has 0 spiro atoms. The molecule has 0 bridgehead atoms. The fraction of sp³-hybridized carbons (Fsp3) is 0.227. The van der Waals surface area contributed by atoms with Gasteiger partial charge in [-0.15, -0.1) is 0 Å². The summed E-state index contributed by atoms with van der Waals surface area (Å²) in [5.41, 5.74) is 7.71. The number of aryl methyl sites for hydroxylation is 2. The molecule has 2 N–H and O–H groups in total. The number of carbonyl (C=O) groups is 2. The van der Waals surface area contributed by atoms with Crippen molar-refractivity contribution in [3.63, 3.8) is 0 Å². The van der Waals surface area contributed by atoms with E-state index in [0.717, 1.165) is 23.2 Å². The number of carbonyl (C=O) groups excluding carboxylic acids is 2. The van der Waals surface area contributed by atoms with Gasteiger partial charge in [-0.2, -0.15) is 5.10 Å². The zero-order valence-electron chi connectivity index (χ0n) is 16.3. The summed E-state index contributed by atoms with van der Waals surface area (Å²) < 4.78 is 7.29. The molecule has 0 aliphatic heterocycles. The Hall–Kier alpha value is -3.61. The summed E-state index contributed by atoms with van der Waals surface area (Å²) in [6, 6.07) is 17.3. The summed E-state index contributed by atoms with van der Waals surface area (Å²) in [6.07, 6.45) is 5.20. The maximum atomic E-state index is 12.0. The minimum absolute atomic E-state index is 0.166. The first-order valence-electron chi connectivity index (χ1n) is 9.53. The Balaban J connectivity index is 1.39. The maximum Gasteiger partial charge on any atom is 0.276 e. The van der Waals surface area contributed by atoms with E-state index in [0.29, 0.717) is 12.2 Å². The summed E-state index contributed by atoms with van der Waals surface area (Å²) in [5.74, 6) is -0.0205. The maximum absolute atomic E-state index is 12.0. The van der Waals surface area contributed by atoms with Crippen LogP contribution in [0.4, 0.5) is 0 Å². The van der Waals surface area contributed by atoms with Gasteiger partial charge in [-0.25, -0.2) is 4.68 Å². The lowest BCUT2D eigenvalue weighted by Crippen LogP contribution is -2.43. The van der Waals surface area contributed by atoms with Crippen molar-refractivity contribution in [1.29, 1.82) is 0 Å².